The summed E-state index contributed by atoms with van der Waals surface area (Å²) in [5.41, 5.74) is 9.69. The van der Waals surface area contributed by atoms with E-state index in [-0.39, 0.29) is 5.76 Å². The van der Waals surface area contributed by atoms with Crippen LogP contribution in [0, 0.1) is 0 Å². The molecule has 0 aliphatic carbocycles. The van der Waals surface area contributed by atoms with Gasteiger partial charge in [0.1, 0.15) is 0 Å². The Morgan fingerprint density at radius 2 is 2.00 bits per heavy atom. The van der Waals surface area contributed by atoms with E-state index in [0.29, 0.717) is 6.42 Å². The zero-order valence-electron chi connectivity index (χ0n) is 16.9. The maximum absolute atomic E-state index is 9.61. The van der Waals surface area contributed by atoms with Crippen molar-refractivity contribution in [3.8, 4) is 0 Å². The molecule has 0 saturated carbocycles. The van der Waals surface area contributed by atoms with E-state index in [4.69, 9.17) is 4.98 Å². The number of aromatic nitrogens is 1. The molecule has 3 nitrogen and oxygen atoms in total. The maximum Gasteiger partial charge on any atom is 0.0927 e. The molecule has 0 atom stereocenters. The molecule has 0 fully saturated rings. The summed E-state index contributed by atoms with van der Waals surface area (Å²) in [5.74, 6) is 0.233. The van der Waals surface area contributed by atoms with Gasteiger partial charge in [-0.1, -0.05) is 51.6 Å². The highest BCUT2D eigenvalue weighted by Crippen LogP contribution is 2.45. The van der Waals surface area contributed by atoms with Crippen molar-refractivity contribution in [3.05, 3.63) is 82.9 Å². The van der Waals surface area contributed by atoms with E-state index in [1.807, 2.05) is 0 Å². The molecule has 2 aliphatic heterocycles. The molecule has 2 aliphatic rings. The molecule has 0 spiro atoms. The molecule has 2 aromatic rings. The molecular formula is C25H28N2O. The largest absolute Gasteiger partial charge is 0.513 e. The van der Waals surface area contributed by atoms with Crippen LogP contribution in [0.3, 0.4) is 0 Å². The van der Waals surface area contributed by atoms with Crippen LogP contribution in [0.25, 0.3) is 16.6 Å². The topological polar surface area (TPSA) is 36.4 Å². The fourth-order valence-corrected chi connectivity index (χ4v) is 4.53. The summed E-state index contributed by atoms with van der Waals surface area (Å²) >= 11 is 0. The van der Waals surface area contributed by atoms with Crippen molar-refractivity contribution in [1.82, 2.24) is 9.88 Å². The van der Waals surface area contributed by atoms with E-state index in [0.717, 1.165) is 49.1 Å². The summed E-state index contributed by atoms with van der Waals surface area (Å²) in [4.78, 5) is 7.36. The average Bonchev–Trinajstić information content (AvgIpc) is 3.04. The summed E-state index contributed by atoms with van der Waals surface area (Å²) < 4.78 is 0. The van der Waals surface area contributed by atoms with Gasteiger partial charge in [0.15, 0.2) is 0 Å². The third kappa shape index (κ3) is 2.95. The van der Waals surface area contributed by atoms with Gasteiger partial charge < -0.3 is 10.0 Å². The minimum atomic E-state index is 0.233. The lowest BCUT2D eigenvalue weighted by Crippen LogP contribution is -2.20. The zero-order chi connectivity index (χ0) is 19.8. The van der Waals surface area contributed by atoms with Crippen molar-refractivity contribution in [3.63, 3.8) is 0 Å². The molecule has 3 heterocycles. The van der Waals surface area contributed by atoms with Crippen LogP contribution >= 0.6 is 0 Å². The predicted octanol–water partition coefficient (Wildman–Crippen LogP) is 6.43. The second-order valence-electron chi connectivity index (χ2n) is 7.67. The van der Waals surface area contributed by atoms with Gasteiger partial charge >= 0.3 is 0 Å². The number of aryl methyl sites for hydroxylation is 1. The van der Waals surface area contributed by atoms with Crippen LogP contribution in [0.2, 0.25) is 0 Å². The highest BCUT2D eigenvalue weighted by atomic mass is 16.3. The van der Waals surface area contributed by atoms with Gasteiger partial charge in [-0.25, -0.2) is 4.98 Å². The van der Waals surface area contributed by atoms with Crippen molar-refractivity contribution in [1.29, 1.82) is 0 Å². The van der Waals surface area contributed by atoms with Gasteiger partial charge in [-0.3, -0.25) is 0 Å². The molecule has 1 N–H and O–H groups in total. The minimum Gasteiger partial charge on any atom is -0.513 e. The third-order valence-corrected chi connectivity index (χ3v) is 5.87. The van der Waals surface area contributed by atoms with Crippen LogP contribution in [-0.2, 0) is 13.0 Å². The molecule has 144 valence electrons. The van der Waals surface area contributed by atoms with Gasteiger partial charge in [0.05, 0.1) is 29.2 Å². The highest BCUT2D eigenvalue weighted by molar-refractivity contribution is 5.88. The summed E-state index contributed by atoms with van der Waals surface area (Å²) in [6.07, 6.45) is 6.73. The first-order chi connectivity index (χ1) is 13.5. The third-order valence-electron chi connectivity index (χ3n) is 5.87. The van der Waals surface area contributed by atoms with Crippen LogP contribution < -0.4 is 0 Å². The zero-order valence-corrected chi connectivity index (χ0v) is 16.9. The smallest absolute Gasteiger partial charge is 0.0927 e. The summed E-state index contributed by atoms with van der Waals surface area (Å²) in [7, 11) is 0. The van der Waals surface area contributed by atoms with Gasteiger partial charge in [-0.2, -0.15) is 0 Å². The van der Waals surface area contributed by atoms with Crippen molar-refractivity contribution in [2.24, 2.45) is 0 Å². The predicted molar refractivity (Wildman–Crippen MR) is 117 cm³/mol. The first kappa shape index (κ1) is 18.5. The van der Waals surface area contributed by atoms with Crippen LogP contribution in [0.15, 0.2) is 66.1 Å². The van der Waals surface area contributed by atoms with Crippen molar-refractivity contribution in [2.75, 3.05) is 0 Å². The molecule has 0 unspecified atom stereocenters. The number of aliphatic hydroxyl groups excluding tert-OH is 1. The monoisotopic (exact) mass is 372 g/mol. The highest BCUT2D eigenvalue weighted by Gasteiger charge is 2.34. The molecule has 28 heavy (non-hydrogen) atoms. The lowest BCUT2D eigenvalue weighted by atomic mass is 9.92. The fourth-order valence-electron chi connectivity index (χ4n) is 4.53. The molecule has 0 radical (unpaired) electrons. The average molecular weight is 373 g/mol. The van der Waals surface area contributed by atoms with Gasteiger partial charge in [0.2, 0.25) is 0 Å². The minimum absolute atomic E-state index is 0.233. The van der Waals surface area contributed by atoms with Gasteiger partial charge in [0, 0.05) is 23.1 Å². The van der Waals surface area contributed by atoms with Crippen LogP contribution in [0.1, 0.15) is 56.4 Å². The SMILES string of the molecule is C=C(O)CCC1=C(CCC)C=C2c3nc4ccccc4c(CC)c3CN2C1=C. The van der Waals surface area contributed by atoms with Gasteiger partial charge in [-0.15, -0.1) is 0 Å². The normalized spacial score (nSPS) is 15.7. The quantitative estimate of drug-likeness (QED) is 0.594. The summed E-state index contributed by atoms with van der Waals surface area (Å²) in [6, 6.07) is 8.44. The van der Waals surface area contributed by atoms with E-state index >= 15 is 0 Å². The number of allylic oxidation sites excluding steroid dienone is 4. The first-order valence-corrected chi connectivity index (χ1v) is 10.2. The Kier molecular flexibility index (Phi) is 4.84. The van der Waals surface area contributed by atoms with Crippen molar-refractivity contribution >= 4 is 16.6 Å². The van der Waals surface area contributed by atoms with Gasteiger partial charge in [0.25, 0.3) is 0 Å². The Morgan fingerprint density at radius 3 is 2.71 bits per heavy atom. The lowest BCUT2D eigenvalue weighted by Gasteiger charge is -2.30. The first-order valence-electron chi connectivity index (χ1n) is 10.2. The molecular weight excluding hydrogens is 344 g/mol. The Balaban J connectivity index is 1.86. The number of para-hydroxylation sites is 1. The number of nitrogens with zero attached hydrogens (tertiary/aromatic N) is 2. The maximum atomic E-state index is 9.61. The Morgan fingerprint density at radius 1 is 1.21 bits per heavy atom. The lowest BCUT2D eigenvalue weighted by molar-refractivity contribution is 0.389. The van der Waals surface area contributed by atoms with Crippen molar-refractivity contribution in [2.45, 2.75) is 52.5 Å². The van der Waals surface area contributed by atoms with E-state index in [9.17, 15) is 5.11 Å². The molecule has 0 saturated heterocycles. The number of rotatable bonds is 6. The number of fused-ring (bicyclic) bond motifs is 4. The van der Waals surface area contributed by atoms with E-state index in [1.54, 1.807) is 0 Å². The second-order valence-corrected chi connectivity index (χ2v) is 7.67. The van der Waals surface area contributed by atoms with Gasteiger partial charge in [-0.05, 0) is 48.1 Å². The van der Waals surface area contributed by atoms with Crippen molar-refractivity contribution < 1.29 is 5.11 Å². The number of aliphatic hydroxyl groups is 1. The number of hydrogen-bond donors (Lipinski definition) is 1. The van der Waals surface area contributed by atoms with E-state index in [2.05, 4.69) is 62.2 Å². The van der Waals surface area contributed by atoms with Crippen LogP contribution in [0.4, 0.5) is 0 Å². The summed E-state index contributed by atoms with van der Waals surface area (Å²) in [6.45, 7) is 13.3. The van der Waals surface area contributed by atoms with Crippen LogP contribution in [0.5, 0.6) is 0 Å². The molecule has 1 aromatic carbocycles. The molecule has 0 amide bonds. The molecule has 1 aromatic heterocycles. The fraction of sp³-hybridized carbons (Fsp3) is 0.320. The van der Waals surface area contributed by atoms with E-state index < -0.39 is 0 Å². The Labute approximate surface area is 167 Å². The second kappa shape index (κ2) is 7.31. The summed E-state index contributed by atoms with van der Waals surface area (Å²) in [5, 5.41) is 10.9. The Bertz CT molecular complexity index is 1040. The standard InChI is InChI=1S/C25H28N2O/c1-5-9-18-14-24-25-22(15-27(24)17(4)20(18)13-12-16(3)28)19(6-2)21-10-7-8-11-23(21)26-25/h7-8,10-11,14,28H,3-6,9,12-13,15H2,1-2H3. The molecule has 4 rings (SSSR count). The Hall–Kier alpha value is -2.81. The molecule has 3 heteroatoms. The number of hydrogen-bond acceptors (Lipinski definition) is 3. The molecule has 0 bridgehead atoms. The van der Waals surface area contributed by atoms with E-state index in [1.165, 1.54) is 33.4 Å². The number of pyridine rings is 1. The number of benzene rings is 1. The van der Waals surface area contributed by atoms with Crippen LogP contribution in [-0.4, -0.2) is 15.0 Å².